The van der Waals surface area contributed by atoms with Gasteiger partial charge in [-0.05, 0) is 62.4 Å². The maximum Gasteiger partial charge on any atom is 0.430 e. The van der Waals surface area contributed by atoms with Crippen LogP contribution in [0.1, 0.15) is 30.0 Å². The molecule has 0 amide bonds. The van der Waals surface area contributed by atoms with Crippen molar-refractivity contribution in [3.05, 3.63) is 83.3 Å². The molecule has 10 nitrogen and oxygen atoms in total. The molecule has 3 heterocycles. The fourth-order valence-electron chi connectivity index (χ4n) is 3.58. The van der Waals surface area contributed by atoms with E-state index in [9.17, 15) is 23.5 Å². The molecule has 0 fully saturated rings. The molecule has 0 saturated carbocycles. The molecule has 0 saturated heterocycles. The number of aliphatic hydroxyl groups excluding tert-OH is 1. The number of hydrogen-bond donors (Lipinski definition) is 4. The second-order valence-corrected chi connectivity index (χ2v) is 8.14. The van der Waals surface area contributed by atoms with Gasteiger partial charge >= 0.3 is 6.18 Å². The molecule has 0 radical (unpaired) electrons. The number of anilines is 1. The Morgan fingerprint density at radius 1 is 1.19 bits per heavy atom. The number of aryl methyl sites for hydroxylation is 1. The topological polar surface area (TPSA) is 157 Å². The Kier molecular flexibility index (Phi) is 6.60. The number of aliphatic hydroxyl groups is 1. The third kappa shape index (κ3) is 5.24. The third-order valence-electron chi connectivity index (χ3n) is 5.40. The molecular formula is C24H22F3N9O. The van der Waals surface area contributed by atoms with Crippen molar-refractivity contribution >= 4 is 16.7 Å². The van der Waals surface area contributed by atoms with Crippen molar-refractivity contribution in [1.82, 2.24) is 24.3 Å². The van der Waals surface area contributed by atoms with Gasteiger partial charge in [-0.2, -0.15) is 23.5 Å². The molecule has 13 heteroatoms. The number of nitriles is 1. The standard InChI is InChI=1S/C24H22F3N9O/c1-13-9-16(11-28)34-36(13)23-17(14(2)37)4-8-22(33-23)35-12-31-18-10-15(3-5-19(18)35)32-21(30)7-6-20(29)24(25,26)27/h3-10,12,14,32,37H,29-30H2,1-2H3/b20-6-,21-7+. The van der Waals surface area contributed by atoms with Crippen LogP contribution in [-0.4, -0.2) is 35.6 Å². The molecule has 1 aromatic carbocycles. The highest BCUT2D eigenvalue weighted by atomic mass is 19.4. The van der Waals surface area contributed by atoms with E-state index < -0.39 is 18.0 Å². The van der Waals surface area contributed by atoms with Gasteiger partial charge < -0.3 is 21.9 Å². The number of alkyl halides is 3. The van der Waals surface area contributed by atoms with Gasteiger partial charge in [0.15, 0.2) is 11.5 Å². The summed E-state index contributed by atoms with van der Waals surface area (Å²) in [6, 6.07) is 12.2. The molecule has 0 spiro atoms. The zero-order chi connectivity index (χ0) is 26.9. The van der Waals surface area contributed by atoms with E-state index in [-0.39, 0.29) is 11.5 Å². The highest BCUT2D eigenvalue weighted by Gasteiger charge is 2.30. The quantitative estimate of drug-likeness (QED) is 0.288. The number of nitrogens with zero attached hydrogens (tertiary/aromatic N) is 6. The fourth-order valence-corrected chi connectivity index (χ4v) is 3.58. The van der Waals surface area contributed by atoms with E-state index in [0.717, 1.165) is 6.08 Å². The van der Waals surface area contributed by atoms with E-state index in [1.54, 1.807) is 61.1 Å². The second-order valence-electron chi connectivity index (χ2n) is 8.14. The Morgan fingerprint density at radius 2 is 1.95 bits per heavy atom. The molecule has 37 heavy (non-hydrogen) atoms. The molecule has 190 valence electrons. The Morgan fingerprint density at radius 3 is 2.59 bits per heavy atom. The van der Waals surface area contributed by atoms with Crippen LogP contribution in [0.3, 0.4) is 0 Å². The van der Waals surface area contributed by atoms with Crippen LogP contribution in [0, 0.1) is 18.3 Å². The van der Waals surface area contributed by atoms with Crippen LogP contribution in [0.25, 0.3) is 22.7 Å². The van der Waals surface area contributed by atoms with Crippen molar-refractivity contribution in [3.63, 3.8) is 0 Å². The summed E-state index contributed by atoms with van der Waals surface area (Å²) >= 11 is 0. The highest BCUT2D eigenvalue weighted by molar-refractivity contribution is 5.81. The predicted octanol–water partition coefficient (Wildman–Crippen LogP) is 3.46. The molecule has 4 rings (SSSR count). The van der Waals surface area contributed by atoms with Crippen LogP contribution in [0.15, 0.2) is 66.4 Å². The van der Waals surface area contributed by atoms with Gasteiger partial charge in [-0.15, -0.1) is 0 Å². The lowest BCUT2D eigenvalue weighted by Gasteiger charge is -2.14. The first kappa shape index (κ1) is 25.3. The van der Waals surface area contributed by atoms with Crippen LogP contribution in [0.2, 0.25) is 0 Å². The largest absolute Gasteiger partial charge is 0.430 e. The number of imidazole rings is 1. The van der Waals surface area contributed by atoms with E-state index in [0.29, 0.717) is 45.7 Å². The van der Waals surface area contributed by atoms with Crippen LogP contribution in [-0.2, 0) is 0 Å². The monoisotopic (exact) mass is 509 g/mol. The van der Waals surface area contributed by atoms with Gasteiger partial charge in [-0.3, -0.25) is 4.57 Å². The van der Waals surface area contributed by atoms with Gasteiger partial charge in [0, 0.05) is 16.9 Å². The molecule has 4 aromatic rings. The molecule has 3 aromatic heterocycles. The average Bonchev–Trinajstić information content (AvgIpc) is 3.44. The molecule has 0 aliphatic heterocycles. The minimum absolute atomic E-state index is 0.0441. The molecule has 0 bridgehead atoms. The molecule has 0 aliphatic rings. The zero-order valence-corrected chi connectivity index (χ0v) is 19.7. The maximum absolute atomic E-state index is 12.5. The van der Waals surface area contributed by atoms with E-state index in [1.165, 1.54) is 4.68 Å². The van der Waals surface area contributed by atoms with E-state index in [1.807, 2.05) is 6.07 Å². The van der Waals surface area contributed by atoms with Crippen molar-refractivity contribution < 1.29 is 18.3 Å². The zero-order valence-electron chi connectivity index (χ0n) is 19.7. The summed E-state index contributed by atoms with van der Waals surface area (Å²) in [4.78, 5) is 9.09. The van der Waals surface area contributed by atoms with Crippen LogP contribution in [0.4, 0.5) is 18.9 Å². The lowest BCUT2D eigenvalue weighted by atomic mass is 10.1. The number of rotatable bonds is 6. The Bertz CT molecular complexity index is 1570. The number of allylic oxidation sites excluding steroid dienone is 3. The third-order valence-corrected chi connectivity index (χ3v) is 5.40. The number of nitrogens with one attached hydrogen (secondary N) is 1. The fraction of sp³-hybridized carbons (Fsp3) is 0.167. The number of hydrogen-bond acceptors (Lipinski definition) is 8. The number of fused-ring (bicyclic) bond motifs is 1. The smallest absolute Gasteiger partial charge is 0.395 e. The Labute approximate surface area is 209 Å². The molecule has 1 atom stereocenters. The first-order valence-corrected chi connectivity index (χ1v) is 10.9. The van der Waals surface area contributed by atoms with Crippen molar-refractivity contribution in [1.29, 1.82) is 5.26 Å². The summed E-state index contributed by atoms with van der Waals surface area (Å²) < 4.78 is 40.8. The molecule has 1 unspecified atom stereocenters. The van der Waals surface area contributed by atoms with Crippen LogP contribution in [0.5, 0.6) is 0 Å². The Balaban J connectivity index is 1.68. The minimum Gasteiger partial charge on any atom is -0.395 e. The van der Waals surface area contributed by atoms with Crippen LogP contribution >= 0.6 is 0 Å². The van der Waals surface area contributed by atoms with Crippen molar-refractivity contribution in [2.75, 3.05) is 5.32 Å². The Hall–Kier alpha value is -4.83. The average molecular weight is 509 g/mol. The van der Waals surface area contributed by atoms with Crippen LogP contribution < -0.4 is 16.8 Å². The minimum atomic E-state index is -4.64. The normalized spacial score (nSPS) is 13.5. The van der Waals surface area contributed by atoms with Gasteiger partial charge in [0.2, 0.25) is 0 Å². The van der Waals surface area contributed by atoms with Gasteiger partial charge in [0.1, 0.15) is 29.7 Å². The van der Waals surface area contributed by atoms with E-state index in [4.69, 9.17) is 16.5 Å². The maximum atomic E-state index is 12.5. The number of aromatic nitrogens is 5. The van der Waals surface area contributed by atoms with Crippen molar-refractivity contribution in [2.24, 2.45) is 11.5 Å². The van der Waals surface area contributed by atoms with E-state index >= 15 is 0 Å². The summed E-state index contributed by atoms with van der Waals surface area (Å²) in [5.74, 6) is 0.816. The van der Waals surface area contributed by atoms with Gasteiger partial charge in [0.05, 0.1) is 17.1 Å². The first-order chi connectivity index (χ1) is 17.5. The molecule has 6 N–H and O–H groups in total. The van der Waals surface area contributed by atoms with E-state index in [2.05, 4.69) is 15.4 Å². The number of nitrogens with two attached hydrogens (primary N) is 2. The van der Waals surface area contributed by atoms with Gasteiger partial charge in [-0.1, -0.05) is 0 Å². The highest BCUT2D eigenvalue weighted by Crippen LogP contribution is 2.26. The summed E-state index contributed by atoms with van der Waals surface area (Å²) in [5.41, 5.74) is 12.6. The van der Waals surface area contributed by atoms with Crippen molar-refractivity contribution in [2.45, 2.75) is 26.1 Å². The number of pyridine rings is 1. The predicted molar refractivity (Wildman–Crippen MR) is 130 cm³/mol. The summed E-state index contributed by atoms with van der Waals surface area (Å²) in [6.45, 7) is 3.39. The lowest BCUT2D eigenvalue weighted by Crippen LogP contribution is -2.19. The molecule has 0 aliphatic carbocycles. The summed E-state index contributed by atoms with van der Waals surface area (Å²) in [5, 5.41) is 26.5. The molecular weight excluding hydrogens is 487 g/mol. The second kappa shape index (κ2) is 9.67. The number of halogens is 3. The van der Waals surface area contributed by atoms with Gasteiger partial charge in [0.25, 0.3) is 0 Å². The number of benzene rings is 1. The summed E-state index contributed by atoms with van der Waals surface area (Å²) in [6.07, 6.45) is -2.21. The first-order valence-electron chi connectivity index (χ1n) is 10.9. The van der Waals surface area contributed by atoms with Gasteiger partial charge in [-0.25, -0.2) is 14.6 Å². The lowest BCUT2D eigenvalue weighted by molar-refractivity contribution is -0.0926. The van der Waals surface area contributed by atoms with Crippen molar-refractivity contribution in [3.8, 4) is 17.7 Å². The SMILES string of the molecule is Cc1cc(C#N)nn1-c1nc(-n2cnc3cc(N/C(N)=C/C=C(\N)C(F)(F)F)ccc32)ccc1C(C)O. The summed E-state index contributed by atoms with van der Waals surface area (Å²) in [7, 11) is 0.